The summed E-state index contributed by atoms with van der Waals surface area (Å²) in [6.07, 6.45) is 6.82. The Balaban J connectivity index is 1.73. The summed E-state index contributed by atoms with van der Waals surface area (Å²) in [7, 11) is 0. The van der Waals surface area contributed by atoms with E-state index in [1.807, 2.05) is 17.0 Å². The van der Waals surface area contributed by atoms with Gasteiger partial charge in [0.1, 0.15) is 11.4 Å². The SMILES string of the molecule is CC1CCN(c2ccc(N3C(N)=NC(N)=NC34CCCCC4)cc2[N+](=O)[O-])CC1. The topological polar surface area (TPSA) is 126 Å². The first-order chi connectivity index (χ1) is 13.9. The molecule has 9 nitrogen and oxygen atoms in total. The summed E-state index contributed by atoms with van der Waals surface area (Å²) in [5, 5.41) is 11.9. The Kier molecular flexibility index (Phi) is 5.06. The van der Waals surface area contributed by atoms with Gasteiger partial charge in [0.2, 0.25) is 11.9 Å². The predicted molar refractivity (Wildman–Crippen MR) is 115 cm³/mol. The normalized spacial score (nSPS) is 22.4. The summed E-state index contributed by atoms with van der Waals surface area (Å²) in [5.74, 6) is 1.07. The van der Waals surface area contributed by atoms with Crippen LogP contribution in [0.2, 0.25) is 0 Å². The van der Waals surface area contributed by atoms with Gasteiger partial charge in [0.25, 0.3) is 5.69 Å². The Morgan fingerprint density at radius 1 is 1.17 bits per heavy atom. The minimum Gasteiger partial charge on any atom is -0.369 e. The number of benzene rings is 1. The molecule has 0 amide bonds. The molecule has 0 atom stereocenters. The van der Waals surface area contributed by atoms with Crippen LogP contribution in [-0.4, -0.2) is 35.6 Å². The second-order valence-corrected chi connectivity index (χ2v) is 8.42. The van der Waals surface area contributed by atoms with Gasteiger partial charge in [-0.05, 0) is 56.6 Å². The van der Waals surface area contributed by atoms with Gasteiger partial charge in [-0.2, -0.15) is 4.99 Å². The highest BCUT2D eigenvalue weighted by atomic mass is 16.6. The number of nitro groups is 1. The molecule has 1 aromatic carbocycles. The highest BCUT2D eigenvalue weighted by Gasteiger charge is 2.43. The summed E-state index contributed by atoms with van der Waals surface area (Å²) in [5.41, 5.74) is 13.0. The van der Waals surface area contributed by atoms with Crippen molar-refractivity contribution in [1.82, 2.24) is 0 Å². The summed E-state index contributed by atoms with van der Waals surface area (Å²) in [6.45, 7) is 3.89. The molecule has 0 radical (unpaired) electrons. The molecule has 4 N–H and O–H groups in total. The van der Waals surface area contributed by atoms with Crippen LogP contribution in [-0.2, 0) is 0 Å². The lowest BCUT2D eigenvalue weighted by Gasteiger charge is -2.45. The van der Waals surface area contributed by atoms with E-state index >= 15 is 0 Å². The van der Waals surface area contributed by atoms with Crippen LogP contribution >= 0.6 is 0 Å². The van der Waals surface area contributed by atoms with Crippen molar-refractivity contribution in [3.8, 4) is 0 Å². The average Bonchev–Trinajstić information content (AvgIpc) is 2.68. The number of piperidine rings is 1. The minimum absolute atomic E-state index is 0.0957. The maximum absolute atomic E-state index is 11.9. The number of rotatable bonds is 3. The Morgan fingerprint density at radius 3 is 2.52 bits per heavy atom. The van der Waals surface area contributed by atoms with E-state index in [2.05, 4.69) is 21.8 Å². The fraction of sp³-hybridized carbons (Fsp3) is 0.600. The molecular formula is C20H29N7O2. The summed E-state index contributed by atoms with van der Waals surface area (Å²) in [6, 6.07) is 5.36. The standard InChI is InChI=1S/C20H29N7O2/c1-14-7-11-25(12-8-14)16-6-5-15(13-17(16)27(28)29)26-19(22)23-18(21)24-20(26)9-3-2-4-10-20/h5-6,13-14H,2-4,7-12H2,1H3,(H4,21,22,23,24). The quantitative estimate of drug-likeness (QED) is 0.594. The van der Waals surface area contributed by atoms with Crippen molar-refractivity contribution in [3.05, 3.63) is 28.3 Å². The third kappa shape index (κ3) is 3.61. The molecule has 2 fully saturated rings. The van der Waals surface area contributed by atoms with Gasteiger partial charge in [0.15, 0.2) is 0 Å². The fourth-order valence-electron chi connectivity index (χ4n) is 4.81. The number of hydrogen-bond donors (Lipinski definition) is 2. The molecule has 2 heterocycles. The van der Waals surface area contributed by atoms with E-state index < -0.39 is 5.66 Å². The molecule has 1 saturated carbocycles. The van der Waals surface area contributed by atoms with Gasteiger partial charge in [-0.1, -0.05) is 13.3 Å². The van der Waals surface area contributed by atoms with E-state index in [9.17, 15) is 10.1 Å². The van der Waals surface area contributed by atoms with Crippen molar-refractivity contribution in [2.24, 2.45) is 27.4 Å². The Labute approximate surface area is 170 Å². The smallest absolute Gasteiger partial charge is 0.294 e. The first kappa shape index (κ1) is 19.5. The Hall–Kier alpha value is -2.84. The maximum atomic E-state index is 11.9. The van der Waals surface area contributed by atoms with Crippen LogP contribution in [0.25, 0.3) is 0 Å². The number of aliphatic imine (C=N–C) groups is 2. The minimum atomic E-state index is -0.607. The average molecular weight is 399 g/mol. The number of nitrogens with two attached hydrogens (primary N) is 2. The van der Waals surface area contributed by atoms with Crippen molar-refractivity contribution in [1.29, 1.82) is 0 Å². The van der Waals surface area contributed by atoms with E-state index in [1.54, 1.807) is 6.07 Å². The van der Waals surface area contributed by atoms with Crippen LogP contribution < -0.4 is 21.3 Å². The molecule has 3 aliphatic rings. The van der Waals surface area contributed by atoms with E-state index in [0.717, 1.165) is 58.0 Å². The molecule has 1 saturated heterocycles. The summed E-state index contributed by atoms with van der Waals surface area (Å²) >= 11 is 0. The zero-order chi connectivity index (χ0) is 20.6. The Morgan fingerprint density at radius 2 is 1.86 bits per heavy atom. The third-order valence-corrected chi connectivity index (χ3v) is 6.39. The van der Waals surface area contributed by atoms with Gasteiger partial charge < -0.3 is 16.4 Å². The molecule has 1 aromatic rings. The van der Waals surface area contributed by atoms with E-state index in [4.69, 9.17) is 11.5 Å². The molecule has 156 valence electrons. The fourth-order valence-corrected chi connectivity index (χ4v) is 4.81. The zero-order valence-corrected chi connectivity index (χ0v) is 16.9. The molecule has 2 aliphatic heterocycles. The van der Waals surface area contributed by atoms with Crippen molar-refractivity contribution in [2.45, 2.75) is 57.5 Å². The van der Waals surface area contributed by atoms with Gasteiger partial charge in [-0.15, -0.1) is 0 Å². The van der Waals surface area contributed by atoms with Gasteiger partial charge in [-0.3, -0.25) is 15.0 Å². The molecule has 1 spiro atoms. The van der Waals surface area contributed by atoms with Crippen molar-refractivity contribution < 1.29 is 4.92 Å². The molecule has 4 rings (SSSR count). The molecule has 0 unspecified atom stereocenters. The molecule has 0 aromatic heterocycles. The second kappa shape index (κ2) is 7.53. The van der Waals surface area contributed by atoms with Crippen LogP contribution in [0, 0.1) is 16.0 Å². The van der Waals surface area contributed by atoms with Gasteiger partial charge >= 0.3 is 0 Å². The van der Waals surface area contributed by atoms with Crippen LogP contribution in [0.1, 0.15) is 51.9 Å². The highest BCUT2D eigenvalue weighted by molar-refractivity contribution is 6.06. The van der Waals surface area contributed by atoms with Crippen LogP contribution in [0.15, 0.2) is 28.2 Å². The van der Waals surface area contributed by atoms with Gasteiger partial charge in [0, 0.05) is 19.2 Å². The number of hydrogen-bond acceptors (Lipinski definition) is 8. The molecular weight excluding hydrogens is 370 g/mol. The lowest BCUT2D eigenvalue weighted by molar-refractivity contribution is -0.384. The maximum Gasteiger partial charge on any atom is 0.294 e. The molecule has 29 heavy (non-hydrogen) atoms. The van der Waals surface area contributed by atoms with Crippen LogP contribution in [0.3, 0.4) is 0 Å². The van der Waals surface area contributed by atoms with Crippen molar-refractivity contribution in [3.63, 3.8) is 0 Å². The summed E-state index contributed by atoms with van der Waals surface area (Å²) in [4.78, 5) is 24.4. The number of nitrogens with zero attached hydrogens (tertiary/aromatic N) is 5. The van der Waals surface area contributed by atoms with Crippen LogP contribution in [0.4, 0.5) is 17.1 Å². The van der Waals surface area contributed by atoms with E-state index in [-0.39, 0.29) is 22.5 Å². The second-order valence-electron chi connectivity index (χ2n) is 8.42. The van der Waals surface area contributed by atoms with Crippen molar-refractivity contribution >= 4 is 29.0 Å². The van der Waals surface area contributed by atoms with Crippen molar-refractivity contribution in [2.75, 3.05) is 22.9 Å². The lowest BCUT2D eigenvalue weighted by Crippen LogP contribution is -2.58. The molecule has 0 bridgehead atoms. The third-order valence-electron chi connectivity index (χ3n) is 6.39. The Bertz CT molecular complexity index is 852. The molecule has 9 heteroatoms. The van der Waals surface area contributed by atoms with Crippen LogP contribution in [0.5, 0.6) is 0 Å². The largest absolute Gasteiger partial charge is 0.369 e. The summed E-state index contributed by atoms with van der Waals surface area (Å²) < 4.78 is 0. The number of anilines is 2. The first-order valence-electron chi connectivity index (χ1n) is 10.4. The van der Waals surface area contributed by atoms with E-state index in [1.165, 1.54) is 0 Å². The van der Waals surface area contributed by atoms with E-state index in [0.29, 0.717) is 17.3 Å². The zero-order valence-electron chi connectivity index (χ0n) is 16.9. The van der Waals surface area contributed by atoms with Gasteiger partial charge in [0.05, 0.1) is 10.6 Å². The molecule has 1 aliphatic carbocycles. The predicted octanol–water partition coefficient (Wildman–Crippen LogP) is 2.94. The number of nitro benzene ring substituents is 1. The highest BCUT2D eigenvalue weighted by Crippen LogP contribution is 2.42. The van der Waals surface area contributed by atoms with Gasteiger partial charge in [-0.25, -0.2) is 4.99 Å². The first-order valence-corrected chi connectivity index (χ1v) is 10.4. The monoisotopic (exact) mass is 399 g/mol. The number of guanidine groups is 2. The lowest BCUT2D eigenvalue weighted by atomic mass is 9.87.